The van der Waals surface area contributed by atoms with Gasteiger partial charge < -0.3 is 16.0 Å². The Morgan fingerprint density at radius 2 is 2.31 bits per heavy atom. The van der Waals surface area contributed by atoms with Crippen LogP contribution in [0.3, 0.4) is 0 Å². The molecule has 1 aromatic heterocycles. The second-order valence-corrected chi connectivity index (χ2v) is 2.69. The molecule has 0 radical (unpaired) electrons. The van der Waals surface area contributed by atoms with E-state index in [4.69, 9.17) is 5.73 Å². The predicted octanol–water partition coefficient (Wildman–Crippen LogP) is 1.74. The van der Waals surface area contributed by atoms with Gasteiger partial charge in [-0.15, -0.1) is 0 Å². The molecule has 0 bridgehead atoms. The Labute approximate surface area is 75.8 Å². The van der Waals surface area contributed by atoms with Gasteiger partial charge in [0.15, 0.2) is 0 Å². The van der Waals surface area contributed by atoms with Gasteiger partial charge in [0, 0.05) is 23.8 Å². The molecular formula is C9H10N4. The van der Waals surface area contributed by atoms with Crippen molar-refractivity contribution < 1.29 is 0 Å². The first kappa shape index (κ1) is 7.67. The third-order valence-electron chi connectivity index (χ3n) is 1.65. The van der Waals surface area contributed by atoms with Crippen molar-refractivity contribution in [1.29, 1.82) is 0 Å². The van der Waals surface area contributed by atoms with E-state index in [0.29, 0.717) is 5.95 Å². The highest BCUT2D eigenvalue weighted by molar-refractivity contribution is 5.59. The molecule has 0 saturated carbocycles. The standard InChI is InChI=1S/C9H10N4/c10-7-2-1-3-8(6-7)13-9-11-4-5-12-9/h1-6H,10H2,(H2,11,12,13). The van der Waals surface area contributed by atoms with E-state index in [1.54, 1.807) is 12.4 Å². The zero-order valence-corrected chi connectivity index (χ0v) is 6.99. The monoisotopic (exact) mass is 174 g/mol. The van der Waals surface area contributed by atoms with Crippen LogP contribution < -0.4 is 11.1 Å². The molecule has 0 fully saturated rings. The lowest BCUT2D eigenvalue weighted by Crippen LogP contribution is -1.93. The molecule has 0 aliphatic carbocycles. The average molecular weight is 174 g/mol. The van der Waals surface area contributed by atoms with Gasteiger partial charge in [-0.05, 0) is 18.2 Å². The maximum Gasteiger partial charge on any atom is 0.204 e. The number of imidazole rings is 1. The first-order chi connectivity index (χ1) is 6.34. The number of nitrogens with one attached hydrogen (secondary N) is 2. The molecule has 0 aliphatic rings. The Morgan fingerprint density at radius 1 is 1.38 bits per heavy atom. The third-order valence-corrected chi connectivity index (χ3v) is 1.65. The highest BCUT2D eigenvalue weighted by Gasteiger charge is 1.94. The summed E-state index contributed by atoms with van der Waals surface area (Å²) < 4.78 is 0. The maximum atomic E-state index is 5.62. The van der Waals surface area contributed by atoms with Crippen LogP contribution >= 0.6 is 0 Å². The first-order valence-electron chi connectivity index (χ1n) is 3.96. The number of rotatable bonds is 2. The average Bonchev–Trinajstić information content (AvgIpc) is 2.57. The molecule has 1 heterocycles. The van der Waals surface area contributed by atoms with Gasteiger partial charge in [-0.25, -0.2) is 4.98 Å². The molecule has 0 saturated heterocycles. The number of aromatic nitrogens is 2. The molecule has 2 rings (SSSR count). The van der Waals surface area contributed by atoms with Crippen LogP contribution in [0.1, 0.15) is 0 Å². The van der Waals surface area contributed by atoms with Crippen LogP contribution in [0.15, 0.2) is 36.7 Å². The highest BCUT2D eigenvalue weighted by atomic mass is 15.1. The van der Waals surface area contributed by atoms with Gasteiger partial charge in [-0.3, -0.25) is 0 Å². The lowest BCUT2D eigenvalue weighted by Gasteiger charge is -2.02. The number of anilines is 3. The summed E-state index contributed by atoms with van der Waals surface area (Å²) in [4.78, 5) is 6.98. The lowest BCUT2D eigenvalue weighted by molar-refractivity contribution is 1.29. The lowest BCUT2D eigenvalue weighted by atomic mass is 10.3. The minimum absolute atomic E-state index is 0.714. The first-order valence-corrected chi connectivity index (χ1v) is 3.96. The minimum atomic E-state index is 0.714. The number of H-pyrrole nitrogens is 1. The Morgan fingerprint density at radius 3 is 3.00 bits per heavy atom. The van der Waals surface area contributed by atoms with Crippen LogP contribution in [0.2, 0.25) is 0 Å². The Hall–Kier alpha value is -1.97. The van der Waals surface area contributed by atoms with Gasteiger partial charge in [0.1, 0.15) is 0 Å². The van der Waals surface area contributed by atoms with Gasteiger partial charge in [-0.1, -0.05) is 6.07 Å². The molecule has 0 unspecified atom stereocenters. The zero-order valence-electron chi connectivity index (χ0n) is 6.99. The zero-order chi connectivity index (χ0) is 9.10. The third kappa shape index (κ3) is 1.79. The molecule has 66 valence electrons. The van der Waals surface area contributed by atoms with Crippen LogP contribution in [0.25, 0.3) is 0 Å². The highest BCUT2D eigenvalue weighted by Crippen LogP contribution is 2.14. The van der Waals surface area contributed by atoms with Gasteiger partial charge in [0.2, 0.25) is 5.95 Å². The maximum absolute atomic E-state index is 5.62. The molecule has 0 spiro atoms. The van der Waals surface area contributed by atoms with E-state index in [1.165, 1.54) is 0 Å². The van der Waals surface area contributed by atoms with Crippen LogP contribution in [-0.4, -0.2) is 9.97 Å². The van der Waals surface area contributed by atoms with E-state index in [1.807, 2.05) is 24.3 Å². The fourth-order valence-corrected chi connectivity index (χ4v) is 1.09. The summed E-state index contributed by atoms with van der Waals surface area (Å²) in [6.07, 6.45) is 3.45. The van der Waals surface area contributed by atoms with Crippen LogP contribution in [0.4, 0.5) is 17.3 Å². The second-order valence-electron chi connectivity index (χ2n) is 2.69. The number of nitrogens with two attached hydrogens (primary N) is 1. The number of benzene rings is 1. The summed E-state index contributed by atoms with van der Waals surface area (Å²) in [5.74, 6) is 0.714. The van der Waals surface area contributed by atoms with Crippen LogP contribution in [-0.2, 0) is 0 Å². The van der Waals surface area contributed by atoms with Crippen molar-refractivity contribution in [3.63, 3.8) is 0 Å². The largest absolute Gasteiger partial charge is 0.399 e. The number of hydrogen-bond acceptors (Lipinski definition) is 3. The topological polar surface area (TPSA) is 66.7 Å². The van der Waals surface area contributed by atoms with E-state index in [-0.39, 0.29) is 0 Å². The van der Waals surface area contributed by atoms with E-state index in [2.05, 4.69) is 15.3 Å². The summed E-state index contributed by atoms with van der Waals surface area (Å²) in [6, 6.07) is 7.51. The molecule has 4 nitrogen and oxygen atoms in total. The van der Waals surface area contributed by atoms with Gasteiger partial charge >= 0.3 is 0 Å². The molecular weight excluding hydrogens is 164 g/mol. The van der Waals surface area contributed by atoms with E-state index in [0.717, 1.165) is 11.4 Å². The van der Waals surface area contributed by atoms with Gasteiger partial charge in [-0.2, -0.15) is 0 Å². The fraction of sp³-hybridized carbons (Fsp3) is 0. The molecule has 0 amide bonds. The molecule has 0 aliphatic heterocycles. The molecule has 0 atom stereocenters. The van der Waals surface area contributed by atoms with E-state index >= 15 is 0 Å². The van der Waals surface area contributed by atoms with Crippen molar-refractivity contribution in [2.45, 2.75) is 0 Å². The molecule has 1 aromatic carbocycles. The summed E-state index contributed by atoms with van der Waals surface area (Å²) in [5, 5.41) is 3.08. The van der Waals surface area contributed by atoms with Crippen molar-refractivity contribution in [2.24, 2.45) is 0 Å². The SMILES string of the molecule is Nc1cccc(Nc2ncc[nH]2)c1. The minimum Gasteiger partial charge on any atom is -0.399 e. The van der Waals surface area contributed by atoms with Crippen molar-refractivity contribution in [3.05, 3.63) is 36.7 Å². The smallest absolute Gasteiger partial charge is 0.204 e. The molecule has 13 heavy (non-hydrogen) atoms. The molecule has 4 heteroatoms. The Kier molecular flexibility index (Phi) is 1.88. The number of nitrogen functional groups attached to an aromatic ring is 1. The summed E-state index contributed by atoms with van der Waals surface area (Å²) in [6.45, 7) is 0. The quantitative estimate of drug-likeness (QED) is 0.607. The Bertz CT molecular complexity index is 380. The predicted molar refractivity (Wildman–Crippen MR) is 52.7 cm³/mol. The number of aromatic amines is 1. The van der Waals surface area contributed by atoms with Crippen LogP contribution in [0.5, 0.6) is 0 Å². The normalized spacial score (nSPS) is 9.85. The number of nitrogens with zero attached hydrogens (tertiary/aromatic N) is 1. The van der Waals surface area contributed by atoms with Crippen molar-refractivity contribution >= 4 is 17.3 Å². The van der Waals surface area contributed by atoms with Gasteiger partial charge in [0.25, 0.3) is 0 Å². The molecule has 2 aromatic rings. The van der Waals surface area contributed by atoms with Crippen LogP contribution in [0, 0.1) is 0 Å². The Balaban J connectivity index is 2.19. The fourth-order valence-electron chi connectivity index (χ4n) is 1.09. The van der Waals surface area contributed by atoms with E-state index < -0.39 is 0 Å². The van der Waals surface area contributed by atoms with Gasteiger partial charge in [0.05, 0.1) is 0 Å². The van der Waals surface area contributed by atoms with E-state index in [9.17, 15) is 0 Å². The summed E-state index contributed by atoms with van der Waals surface area (Å²) in [7, 11) is 0. The van der Waals surface area contributed by atoms with Crippen molar-refractivity contribution in [3.8, 4) is 0 Å². The van der Waals surface area contributed by atoms with Crippen molar-refractivity contribution in [2.75, 3.05) is 11.1 Å². The number of hydrogen-bond donors (Lipinski definition) is 3. The summed E-state index contributed by atoms with van der Waals surface area (Å²) in [5.41, 5.74) is 7.28. The molecule has 4 N–H and O–H groups in total. The van der Waals surface area contributed by atoms with Crippen molar-refractivity contribution in [1.82, 2.24) is 9.97 Å². The summed E-state index contributed by atoms with van der Waals surface area (Å²) >= 11 is 0. The second kappa shape index (κ2) is 3.18.